The molecule has 1 fully saturated rings. The molecule has 3 aliphatic rings. The Hall–Kier alpha value is -3.40. The zero-order valence-corrected chi connectivity index (χ0v) is 23.2. The number of aliphatic imine (C=N–C) groups is 1. The van der Waals surface area contributed by atoms with Gasteiger partial charge in [0.05, 0.1) is 43.6 Å². The van der Waals surface area contributed by atoms with Crippen LogP contribution in [0.15, 0.2) is 76.3 Å². The second-order valence-corrected chi connectivity index (χ2v) is 10.5. The molecule has 0 bridgehead atoms. The van der Waals surface area contributed by atoms with Crippen LogP contribution in [0.3, 0.4) is 0 Å². The van der Waals surface area contributed by atoms with Crippen LogP contribution in [0, 0.1) is 6.92 Å². The summed E-state index contributed by atoms with van der Waals surface area (Å²) in [6.45, 7) is 8.70. The Bertz CT molecular complexity index is 1280. The number of rotatable bonds is 9. The number of amides is 1. The summed E-state index contributed by atoms with van der Waals surface area (Å²) >= 11 is 1.48. The molecule has 39 heavy (non-hydrogen) atoms. The molecule has 9 heteroatoms. The number of fused-ring (bicyclic) bond motifs is 1. The monoisotopic (exact) mass is 546 g/mol. The molecular weight excluding hydrogens is 512 g/mol. The molecule has 3 heterocycles. The minimum atomic E-state index is -0.477. The van der Waals surface area contributed by atoms with Crippen molar-refractivity contribution in [2.75, 3.05) is 46.0 Å². The lowest BCUT2D eigenvalue weighted by Gasteiger charge is -2.37. The highest BCUT2D eigenvalue weighted by atomic mass is 32.2. The van der Waals surface area contributed by atoms with E-state index in [0.29, 0.717) is 17.8 Å². The van der Waals surface area contributed by atoms with Crippen LogP contribution < -0.4 is 5.32 Å². The van der Waals surface area contributed by atoms with E-state index < -0.39 is 12.0 Å². The summed E-state index contributed by atoms with van der Waals surface area (Å²) in [6.07, 6.45) is 0.189. The van der Waals surface area contributed by atoms with Crippen molar-refractivity contribution < 1.29 is 19.1 Å². The van der Waals surface area contributed by atoms with E-state index in [4.69, 9.17) is 14.5 Å². The fraction of sp³-hybridized carbons (Fsp3) is 0.367. The molecular formula is C30H34N4O4S. The summed E-state index contributed by atoms with van der Waals surface area (Å²) in [5.41, 5.74) is 4.78. The van der Waals surface area contributed by atoms with E-state index in [-0.39, 0.29) is 18.9 Å². The first kappa shape index (κ1) is 27.2. The van der Waals surface area contributed by atoms with Crippen LogP contribution in [0.1, 0.15) is 36.1 Å². The second kappa shape index (κ2) is 12.6. The number of carbonyl (C=O) groups excluding carboxylic acids is 2. The van der Waals surface area contributed by atoms with E-state index in [2.05, 4.69) is 10.2 Å². The lowest BCUT2D eigenvalue weighted by molar-refractivity contribution is -0.139. The number of esters is 1. The van der Waals surface area contributed by atoms with Crippen molar-refractivity contribution >= 4 is 34.5 Å². The summed E-state index contributed by atoms with van der Waals surface area (Å²) in [5.74, 6) is -0.467. The first-order valence-electron chi connectivity index (χ1n) is 13.4. The van der Waals surface area contributed by atoms with Crippen LogP contribution in [0.5, 0.6) is 0 Å². The van der Waals surface area contributed by atoms with Gasteiger partial charge in [0, 0.05) is 37.4 Å². The molecule has 0 saturated carbocycles. The Morgan fingerprint density at radius 2 is 1.85 bits per heavy atom. The van der Waals surface area contributed by atoms with Crippen molar-refractivity contribution in [3.8, 4) is 0 Å². The van der Waals surface area contributed by atoms with Gasteiger partial charge in [-0.1, -0.05) is 71.9 Å². The van der Waals surface area contributed by atoms with Crippen molar-refractivity contribution in [3.05, 3.63) is 88.0 Å². The van der Waals surface area contributed by atoms with Crippen LogP contribution in [-0.2, 0) is 19.1 Å². The van der Waals surface area contributed by atoms with Crippen molar-refractivity contribution in [3.63, 3.8) is 0 Å². The number of aryl methyl sites for hydroxylation is 1. The molecule has 2 aromatic carbocycles. The number of benzene rings is 2. The third kappa shape index (κ3) is 6.27. The predicted octanol–water partition coefficient (Wildman–Crippen LogP) is 4.11. The van der Waals surface area contributed by atoms with E-state index in [0.717, 1.165) is 60.4 Å². The Morgan fingerprint density at radius 3 is 2.56 bits per heavy atom. The third-order valence-electron chi connectivity index (χ3n) is 6.94. The smallest absolute Gasteiger partial charge is 0.338 e. The summed E-state index contributed by atoms with van der Waals surface area (Å²) in [5, 5.41) is 5.77. The quantitative estimate of drug-likeness (QED) is 0.474. The first-order chi connectivity index (χ1) is 19.0. The van der Waals surface area contributed by atoms with Gasteiger partial charge in [-0.05, 0) is 24.8 Å². The average Bonchev–Trinajstić information content (AvgIpc) is 3.36. The van der Waals surface area contributed by atoms with Gasteiger partial charge in [-0.15, -0.1) is 0 Å². The molecule has 3 aliphatic heterocycles. The topological polar surface area (TPSA) is 83.5 Å². The van der Waals surface area contributed by atoms with Crippen LogP contribution in [0.4, 0.5) is 0 Å². The highest BCUT2D eigenvalue weighted by Gasteiger charge is 2.42. The van der Waals surface area contributed by atoms with E-state index in [9.17, 15) is 9.59 Å². The molecule has 1 saturated heterocycles. The van der Waals surface area contributed by atoms with Gasteiger partial charge in [-0.3, -0.25) is 9.69 Å². The molecule has 0 radical (unpaired) electrons. The number of nitrogens with one attached hydrogen (secondary N) is 1. The van der Waals surface area contributed by atoms with Crippen molar-refractivity contribution in [1.29, 1.82) is 0 Å². The van der Waals surface area contributed by atoms with Crippen LogP contribution >= 0.6 is 11.8 Å². The number of thioether (sulfide) groups is 1. The van der Waals surface area contributed by atoms with Crippen molar-refractivity contribution in [2.45, 2.75) is 26.3 Å². The molecule has 204 valence electrons. The Labute approximate surface area is 233 Å². The minimum Gasteiger partial charge on any atom is -0.463 e. The molecule has 0 spiro atoms. The van der Waals surface area contributed by atoms with Gasteiger partial charge in [0.2, 0.25) is 5.91 Å². The molecule has 1 amide bonds. The number of hydrogen-bond acceptors (Lipinski definition) is 8. The molecule has 0 unspecified atom stereocenters. The molecule has 1 N–H and O–H groups in total. The number of ether oxygens (including phenoxy) is 2. The van der Waals surface area contributed by atoms with Crippen LogP contribution in [-0.4, -0.2) is 72.8 Å². The normalized spacial score (nSPS) is 19.3. The summed E-state index contributed by atoms with van der Waals surface area (Å²) in [6, 6.07) is 17.4. The zero-order chi connectivity index (χ0) is 27.2. The zero-order valence-electron chi connectivity index (χ0n) is 22.4. The number of nitrogens with zero attached hydrogens (tertiary/aromatic N) is 3. The number of hydrogen-bond donors (Lipinski definition) is 1. The largest absolute Gasteiger partial charge is 0.463 e. The van der Waals surface area contributed by atoms with Gasteiger partial charge in [-0.25, -0.2) is 9.79 Å². The van der Waals surface area contributed by atoms with E-state index in [1.807, 2.05) is 71.8 Å². The Kier molecular flexibility index (Phi) is 8.81. The molecule has 2 aromatic rings. The second-order valence-electron chi connectivity index (χ2n) is 9.63. The van der Waals surface area contributed by atoms with Gasteiger partial charge < -0.3 is 19.7 Å². The summed E-state index contributed by atoms with van der Waals surface area (Å²) in [7, 11) is 0. The summed E-state index contributed by atoms with van der Waals surface area (Å²) in [4.78, 5) is 35.8. The maximum Gasteiger partial charge on any atom is 0.338 e. The van der Waals surface area contributed by atoms with Crippen LogP contribution in [0.2, 0.25) is 0 Å². The highest BCUT2D eigenvalue weighted by molar-refractivity contribution is 8.16. The molecule has 1 atom stereocenters. The maximum atomic E-state index is 13.5. The van der Waals surface area contributed by atoms with Gasteiger partial charge in [0.25, 0.3) is 0 Å². The minimum absolute atomic E-state index is 0.0606. The third-order valence-corrected chi connectivity index (χ3v) is 7.83. The lowest BCUT2D eigenvalue weighted by atomic mass is 9.91. The first-order valence-corrected chi connectivity index (χ1v) is 14.3. The fourth-order valence-electron chi connectivity index (χ4n) is 4.96. The number of morpholine rings is 1. The average molecular weight is 547 g/mol. The molecule has 5 rings (SSSR count). The SMILES string of the molecule is CCOC(=O)C1=C(c2ccccc2)N=C2SC=C(CC(=O)NCCN3CCOCC3)N2[C@@H]1c1ccc(C)cc1. The van der Waals surface area contributed by atoms with Gasteiger partial charge in [0.15, 0.2) is 5.17 Å². The molecule has 8 nitrogen and oxygen atoms in total. The number of amidine groups is 1. The Balaban J connectivity index is 1.44. The standard InChI is InChI=1S/C30H34N4O4S/c1-3-38-29(36)26-27(22-7-5-4-6-8-22)32-30-34(28(26)23-11-9-21(2)10-12-23)24(20-39-30)19-25(35)31-13-14-33-15-17-37-18-16-33/h4-12,20,28H,3,13-19H2,1-2H3,(H,31,35)/t28-/m1/s1. The maximum absolute atomic E-state index is 13.5. The Morgan fingerprint density at radius 1 is 1.10 bits per heavy atom. The van der Waals surface area contributed by atoms with E-state index in [1.165, 1.54) is 11.8 Å². The highest BCUT2D eigenvalue weighted by Crippen LogP contribution is 2.47. The number of carbonyl (C=O) groups is 2. The van der Waals surface area contributed by atoms with E-state index in [1.54, 1.807) is 6.92 Å². The van der Waals surface area contributed by atoms with Crippen LogP contribution in [0.25, 0.3) is 5.70 Å². The molecule has 0 aromatic heterocycles. The fourth-order valence-corrected chi connectivity index (χ4v) is 5.88. The van der Waals surface area contributed by atoms with Gasteiger partial charge in [-0.2, -0.15) is 0 Å². The van der Waals surface area contributed by atoms with E-state index >= 15 is 0 Å². The summed E-state index contributed by atoms with van der Waals surface area (Å²) < 4.78 is 11.0. The van der Waals surface area contributed by atoms with Crippen molar-refractivity contribution in [1.82, 2.24) is 15.1 Å². The van der Waals surface area contributed by atoms with Gasteiger partial charge >= 0.3 is 5.97 Å². The van der Waals surface area contributed by atoms with Gasteiger partial charge in [0.1, 0.15) is 0 Å². The predicted molar refractivity (Wildman–Crippen MR) is 154 cm³/mol. The lowest BCUT2D eigenvalue weighted by Crippen LogP contribution is -2.42. The van der Waals surface area contributed by atoms with Crippen molar-refractivity contribution in [2.24, 2.45) is 4.99 Å². The molecule has 0 aliphatic carbocycles.